The SMILES string of the molecule is CC(C)Cc1cc(-c2[c-]cccc2)ncc1[Si](C)(C)C.Fc1cnc(-c2[c-]cc3sc4ccccc4c3c2)cc1CC1CCCC1.[Ir]. The van der Waals surface area contributed by atoms with E-state index < -0.39 is 8.07 Å². The molecule has 0 amide bonds. The average Bonchev–Trinajstić information content (AvgIpc) is 3.69. The first-order valence-corrected chi connectivity index (χ1v) is 20.9. The summed E-state index contributed by atoms with van der Waals surface area (Å²) in [5.74, 6) is 1.11. The van der Waals surface area contributed by atoms with Gasteiger partial charge in [0, 0.05) is 31.0 Å². The maximum atomic E-state index is 14.3. The first-order chi connectivity index (χ1) is 22.2. The molecule has 3 aromatic heterocycles. The Hall–Kier alpha value is -3.02. The molecule has 6 heteroatoms. The fourth-order valence-electron chi connectivity index (χ4n) is 6.61. The van der Waals surface area contributed by atoms with Gasteiger partial charge in [-0.2, -0.15) is 11.3 Å². The van der Waals surface area contributed by atoms with E-state index in [2.05, 4.69) is 104 Å². The summed E-state index contributed by atoms with van der Waals surface area (Å²) >= 11 is 1.78. The minimum Gasteiger partial charge on any atom is -0.305 e. The summed E-state index contributed by atoms with van der Waals surface area (Å²) in [7, 11) is -1.34. The Morgan fingerprint density at radius 1 is 0.830 bits per heavy atom. The second-order valence-corrected chi connectivity index (χ2v) is 20.2. The number of fused-ring (bicyclic) bond motifs is 3. The number of thiophene rings is 1. The van der Waals surface area contributed by atoms with E-state index in [4.69, 9.17) is 0 Å². The van der Waals surface area contributed by atoms with Crippen LogP contribution in [0.3, 0.4) is 0 Å². The maximum Gasteiger partial charge on any atom is 0.142 e. The van der Waals surface area contributed by atoms with Gasteiger partial charge in [0.15, 0.2) is 0 Å². The molecule has 245 valence electrons. The van der Waals surface area contributed by atoms with Gasteiger partial charge in [-0.3, -0.25) is 0 Å². The molecule has 0 spiro atoms. The van der Waals surface area contributed by atoms with Crippen LogP contribution in [-0.2, 0) is 32.9 Å². The Bertz CT molecular complexity index is 1940. The summed E-state index contributed by atoms with van der Waals surface area (Å²) in [6, 6.07) is 31.5. The minimum absolute atomic E-state index is 0. The van der Waals surface area contributed by atoms with E-state index in [1.165, 1.54) is 62.8 Å². The van der Waals surface area contributed by atoms with Crippen LogP contribution in [0.15, 0.2) is 85.2 Å². The Kier molecular flexibility index (Phi) is 11.6. The van der Waals surface area contributed by atoms with Gasteiger partial charge in [0.05, 0.1) is 14.3 Å². The van der Waals surface area contributed by atoms with E-state index >= 15 is 0 Å². The summed E-state index contributed by atoms with van der Waals surface area (Å²) in [6.45, 7) is 11.7. The first kappa shape index (κ1) is 35.3. The van der Waals surface area contributed by atoms with Gasteiger partial charge in [0.25, 0.3) is 0 Å². The number of hydrogen-bond acceptors (Lipinski definition) is 3. The number of benzene rings is 3. The normalized spacial score (nSPS) is 13.5. The van der Waals surface area contributed by atoms with E-state index in [0.29, 0.717) is 11.8 Å². The predicted molar refractivity (Wildman–Crippen MR) is 197 cm³/mol. The van der Waals surface area contributed by atoms with Crippen LogP contribution in [0.2, 0.25) is 19.6 Å². The average molecular weight is 835 g/mol. The number of pyridine rings is 2. The van der Waals surface area contributed by atoms with Crippen molar-refractivity contribution in [1.29, 1.82) is 0 Å². The van der Waals surface area contributed by atoms with Crippen LogP contribution in [0.4, 0.5) is 4.39 Å². The second-order valence-electron chi connectivity index (χ2n) is 14.1. The van der Waals surface area contributed by atoms with Crippen LogP contribution in [0.1, 0.15) is 50.7 Å². The third-order valence-corrected chi connectivity index (χ3v) is 12.1. The summed E-state index contributed by atoms with van der Waals surface area (Å²) in [5.41, 5.74) is 6.15. The smallest absolute Gasteiger partial charge is 0.142 e. The summed E-state index contributed by atoms with van der Waals surface area (Å²) in [4.78, 5) is 9.04. The fourth-order valence-corrected chi connectivity index (χ4v) is 9.27. The molecule has 0 bridgehead atoms. The molecule has 2 nitrogen and oxygen atoms in total. The van der Waals surface area contributed by atoms with Crippen LogP contribution in [0, 0.1) is 29.8 Å². The minimum atomic E-state index is -1.34. The molecule has 7 rings (SSSR count). The number of halogens is 1. The number of rotatable bonds is 7. The Morgan fingerprint density at radius 2 is 1.53 bits per heavy atom. The van der Waals surface area contributed by atoms with E-state index in [-0.39, 0.29) is 25.9 Å². The van der Waals surface area contributed by atoms with Crippen LogP contribution < -0.4 is 5.19 Å². The van der Waals surface area contributed by atoms with Gasteiger partial charge in [-0.05, 0) is 63.0 Å². The van der Waals surface area contributed by atoms with Crippen LogP contribution in [0.25, 0.3) is 42.7 Å². The molecule has 0 N–H and O–H groups in total. The molecule has 6 aromatic rings. The Balaban J connectivity index is 0.000000188. The topological polar surface area (TPSA) is 25.8 Å². The molecule has 0 aliphatic heterocycles. The zero-order chi connectivity index (χ0) is 32.3. The standard InChI is InChI=1S/C23H19FNS.C18H24NSi.Ir/c24-20-14-25-21(13-17(20)11-15-5-1-2-6-15)16-9-10-23-19(12-16)18-7-3-4-8-22(18)26-23;1-14(2)11-16-12-17(15-9-7-6-8-10-15)19-13-18(16)20(3,4)5;/h3-4,7-8,10,12-15H,1-2,5-6,11H2;6-9,12-14H,11H2,1-5H3;/q2*-1;. The Labute approximate surface area is 298 Å². The molecule has 1 fully saturated rings. The van der Waals surface area contributed by atoms with Crippen LogP contribution in [-0.4, -0.2) is 18.0 Å². The summed E-state index contributed by atoms with van der Waals surface area (Å²) in [6.07, 6.45) is 10.4. The molecule has 3 aromatic carbocycles. The van der Waals surface area contributed by atoms with Crippen molar-refractivity contribution in [2.75, 3.05) is 0 Å². The van der Waals surface area contributed by atoms with Crippen molar-refractivity contribution < 1.29 is 24.5 Å². The van der Waals surface area contributed by atoms with E-state index in [0.717, 1.165) is 40.9 Å². The molecule has 3 heterocycles. The zero-order valence-electron chi connectivity index (χ0n) is 28.0. The molecular formula is C41H43FIrN2SSi-2. The van der Waals surface area contributed by atoms with Crippen molar-refractivity contribution >= 4 is 44.8 Å². The van der Waals surface area contributed by atoms with Crippen molar-refractivity contribution in [3.63, 3.8) is 0 Å². The van der Waals surface area contributed by atoms with Gasteiger partial charge in [-0.15, -0.1) is 59.7 Å². The molecular weight excluding hydrogens is 792 g/mol. The van der Waals surface area contributed by atoms with E-state index in [1.807, 2.05) is 30.3 Å². The number of nitrogens with zero attached hydrogens (tertiary/aromatic N) is 2. The van der Waals surface area contributed by atoms with Crippen molar-refractivity contribution in [2.45, 2.75) is 72.0 Å². The quantitative estimate of drug-likeness (QED) is 0.118. The fraction of sp³-hybridized carbons (Fsp3) is 0.317. The predicted octanol–water partition coefficient (Wildman–Crippen LogP) is 11.1. The van der Waals surface area contributed by atoms with E-state index in [9.17, 15) is 4.39 Å². The summed E-state index contributed by atoms with van der Waals surface area (Å²) in [5, 5.41) is 3.98. The van der Waals surface area contributed by atoms with Gasteiger partial charge in [-0.25, -0.2) is 4.39 Å². The van der Waals surface area contributed by atoms with Gasteiger partial charge in [-0.1, -0.05) is 100 Å². The maximum absolute atomic E-state index is 14.3. The molecule has 47 heavy (non-hydrogen) atoms. The molecule has 0 saturated heterocycles. The molecule has 0 unspecified atom stereocenters. The van der Waals surface area contributed by atoms with Gasteiger partial charge < -0.3 is 9.97 Å². The zero-order valence-corrected chi connectivity index (χ0v) is 32.2. The van der Waals surface area contributed by atoms with Crippen LogP contribution in [0.5, 0.6) is 0 Å². The largest absolute Gasteiger partial charge is 0.305 e. The number of hydrogen-bond donors (Lipinski definition) is 0. The van der Waals surface area contributed by atoms with Crippen molar-refractivity contribution in [1.82, 2.24) is 9.97 Å². The first-order valence-electron chi connectivity index (χ1n) is 16.6. The number of aromatic nitrogens is 2. The van der Waals surface area contributed by atoms with E-state index in [1.54, 1.807) is 11.3 Å². The molecule has 1 aliphatic carbocycles. The molecule has 1 aliphatic rings. The van der Waals surface area contributed by atoms with Crippen LogP contribution >= 0.6 is 11.3 Å². The molecule has 1 radical (unpaired) electrons. The third-order valence-electron chi connectivity index (χ3n) is 8.91. The van der Waals surface area contributed by atoms with Crippen molar-refractivity contribution in [3.05, 3.63) is 114 Å². The molecule has 0 atom stereocenters. The second kappa shape index (κ2) is 15.5. The third kappa shape index (κ3) is 8.53. The Morgan fingerprint density at radius 3 is 2.26 bits per heavy atom. The van der Waals surface area contributed by atoms with Gasteiger partial charge >= 0.3 is 0 Å². The van der Waals surface area contributed by atoms with Gasteiger partial charge in [0.1, 0.15) is 5.82 Å². The summed E-state index contributed by atoms with van der Waals surface area (Å²) < 4.78 is 16.8. The van der Waals surface area contributed by atoms with Gasteiger partial charge in [0.2, 0.25) is 0 Å². The molecule has 1 saturated carbocycles. The monoisotopic (exact) mass is 835 g/mol. The van der Waals surface area contributed by atoms with Crippen molar-refractivity contribution in [3.8, 4) is 22.5 Å². The van der Waals surface area contributed by atoms with Crippen molar-refractivity contribution in [2.24, 2.45) is 11.8 Å².